The average Bonchev–Trinajstić information content (AvgIpc) is 3.37. The summed E-state index contributed by atoms with van der Waals surface area (Å²) in [7, 11) is 1.62. The fourth-order valence-electron chi connectivity index (χ4n) is 3.51. The van der Waals surface area contributed by atoms with Crippen LogP contribution in [0.15, 0.2) is 59.1 Å². The minimum absolute atomic E-state index is 0.0321. The van der Waals surface area contributed by atoms with Crippen LogP contribution >= 0.6 is 0 Å². The maximum absolute atomic E-state index is 13.4. The number of carbonyl (C=O) groups excluding carboxylic acids is 1. The molecule has 3 aromatic rings. The van der Waals surface area contributed by atoms with Crippen LogP contribution in [0.1, 0.15) is 35.0 Å². The van der Waals surface area contributed by atoms with Gasteiger partial charge in [-0.25, -0.2) is 4.39 Å². The zero-order valence-electron chi connectivity index (χ0n) is 14.9. The molecule has 2 aromatic carbocycles. The van der Waals surface area contributed by atoms with E-state index in [9.17, 15) is 9.18 Å². The molecule has 1 aliphatic rings. The molecule has 1 aliphatic heterocycles. The number of halogens is 1. The van der Waals surface area contributed by atoms with Crippen LogP contribution in [0.4, 0.5) is 4.39 Å². The van der Waals surface area contributed by atoms with Gasteiger partial charge in [0.15, 0.2) is 0 Å². The maximum Gasteiger partial charge on any atom is 0.292 e. The van der Waals surface area contributed by atoms with Crippen molar-refractivity contribution in [1.29, 1.82) is 0 Å². The summed E-state index contributed by atoms with van der Waals surface area (Å²) in [5, 5.41) is 3.94. The summed E-state index contributed by atoms with van der Waals surface area (Å²) in [6.07, 6.45) is 1.79. The molecule has 27 heavy (non-hydrogen) atoms. The molecular weight excluding hydrogens is 347 g/mol. The van der Waals surface area contributed by atoms with Crippen molar-refractivity contribution in [3.8, 4) is 17.0 Å². The van der Waals surface area contributed by atoms with Crippen molar-refractivity contribution in [3.63, 3.8) is 0 Å². The van der Waals surface area contributed by atoms with E-state index in [1.165, 1.54) is 12.1 Å². The Balaban J connectivity index is 1.58. The van der Waals surface area contributed by atoms with Crippen molar-refractivity contribution >= 4 is 5.91 Å². The Labute approximate surface area is 156 Å². The Kier molecular flexibility index (Phi) is 4.62. The third-order valence-electron chi connectivity index (χ3n) is 4.83. The number of rotatable bonds is 4. The van der Waals surface area contributed by atoms with E-state index in [1.807, 2.05) is 24.3 Å². The molecule has 1 saturated heterocycles. The van der Waals surface area contributed by atoms with Gasteiger partial charge in [0.2, 0.25) is 5.76 Å². The number of aromatic nitrogens is 1. The molecular formula is C21H19FN2O3. The first kappa shape index (κ1) is 17.3. The summed E-state index contributed by atoms with van der Waals surface area (Å²) in [6, 6.07) is 15.3. The number of likely N-dealkylation sites (tertiary alicyclic amines) is 1. The van der Waals surface area contributed by atoms with Gasteiger partial charge in [0, 0.05) is 18.2 Å². The number of hydrogen-bond acceptors (Lipinski definition) is 4. The number of benzene rings is 2. The Morgan fingerprint density at radius 1 is 1.22 bits per heavy atom. The molecule has 6 heteroatoms. The number of hydrogen-bond donors (Lipinski definition) is 0. The lowest BCUT2D eigenvalue weighted by Gasteiger charge is -2.24. The van der Waals surface area contributed by atoms with Gasteiger partial charge in [-0.1, -0.05) is 29.4 Å². The molecule has 1 fully saturated rings. The molecule has 2 heterocycles. The quantitative estimate of drug-likeness (QED) is 0.684. The zero-order chi connectivity index (χ0) is 18.8. The summed E-state index contributed by atoms with van der Waals surface area (Å²) in [4.78, 5) is 14.8. The first-order chi connectivity index (χ1) is 13.2. The van der Waals surface area contributed by atoms with E-state index < -0.39 is 0 Å². The van der Waals surface area contributed by atoms with Crippen molar-refractivity contribution in [2.45, 2.75) is 18.9 Å². The van der Waals surface area contributed by atoms with Crippen LogP contribution in [0, 0.1) is 5.82 Å². The maximum atomic E-state index is 13.4. The summed E-state index contributed by atoms with van der Waals surface area (Å²) in [5.41, 5.74) is 2.05. The molecule has 0 saturated carbocycles. The lowest BCUT2D eigenvalue weighted by atomic mass is 10.0. The van der Waals surface area contributed by atoms with Crippen molar-refractivity contribution in [1.82, 2.24) is 10.1 Å². The van der Waals surface area contributed by atoms with Gasteiger partial charge in [-0.15, -0.1) is 0 Å². The molecule has 4 rings (SSSR count). The van der Waals surface area contributed by atoms with E-state index in [4.69, 9.17) is 9.26 Å². The number of ether oxygens (including phenoxy) is 1. The molecule has 1 atom stereocenters. The Morgan fingerprint density at radius 3 is 2.89 bits per heavy atom. The van der Waals surface area contributed by atoms with Crippen LogP contribution in [0.25, 0.3) is 11.3 Å². The predicted molar refractivity (Wildman–Crippen MR) is 97.9 cm³/mol. The molecule has 0 bridgehead atoms. The smallest absolute Gasteiger partial charge is 0.292 e. The van der Waals surface area contributed by atoms with E-state index in [-0.39, 0.29) is 23.5 Å². The largest absolute Gasteiger partial charge is 0.497 e. The summed E-state index contributed by atoms with van der Waals surface area (Å²) in [5.74, 6) is 0.348. The normalized spacial score (nSPS) is 16.5. The molecule has 0 aliphatic carbocycles. The van der Waals surface area contributed by atoms with Crippen LogP contribution in [-0.2, 0) is 0 Å². The molecule has 0 radical (unpaired) electrons. The summed E-state index contributed by atoms with van der Waals surface area (Å²) in [6.45, 7) is 0.650. The highest BCUT2D eigenvalue weighted by molar-refractivity contribution is 5.93. The Bertz CT molecular complexity index is 969. The second-order valence-electron chi connectivity index (χ2n) is 6.52. The van der Waals surface area contributed by atoms with Gasteiger partial charge in [0.25, 0.3) is 5.91 Å². The SMILES string of the molecule is COc1cccc([C@H]2CCCN2C(=O)c2cc(-c3cccc(F)c3)no2)c1. The molecule has 1 amide bonds. The average molecular weight is 366 g/mol. The third kappa shape index (κ3) is 3.43. The van der Waals surface area contributed by atoms with Crippen LogP contribution in [-0.4, -0.2) is 29.6 Å². The molecule has 0 unspecified atom stereocenters. The minimum atomic E-state index is -0.360. The van der Waals surface area contributed by atoms with Crippen molar-refractivity contribution in [3.05, 3.63) is 71.7 Å². The van der Waals surface area contributed by atoms with Gasteiger partial charge in [-0.2, -0.15) is 0 Å². The monoisotopic (exact) mass is 366 g/mol. The van der Waals surface area contributed by atoms with E-state index >= 15 is 0 Å². The molecule has 0 N–H and O–H groups in total. The highest BCUT2D eigenvalue weighted by Crippen LogP contribution is 2.35. The van der Waals surface area contributed by atoms with Crippen LogP contribution < -0.4 is 4.74 Å². The highest BCUT2D eigenvalue weighted by Gasteiger charge is 2.32. The van der Waals surface area contributed by atoms with Crippen molar-refractivity contribution in [2.75, 3.05) is 13.7 Å². The van der Waals surface area contributed by atoms with Gasteiger partial charge >= 0.3 is 0 Å². The topological polar surface area (TPSA) is 55.6 Å². The Morgan fingerprint density at radius 2 is 2.07 bits per heavy atom. The van der Waals surface area contributed by atoms with Crippen LogP contribution in [0.3, 0.4) is 0 Å². The molecule has 1 aromatic heterocycles. The van der Waals surface area contributed by atoms with Crippen LogP contribution in [0.5, 0.6) is 5.75 Å². The Hall–Kier alpha value is -3.15. The lowest BCUT2D eigenvalue weighted by Crippen LogP contribution is -2.30. The number of amides is 1. The zero-order valence-corrected chi connectivity index (χ0v) is 14.9. The first-order valence-corrected chi connectivity index (χ1v) is 8.83. The lowest BCUT2D eigenvalue weighted by molar-refractivity contribution is 0.0693. The van der Waals surface area contributed by atoms with Gasteiger partial charge in [-0.3, -0.25) is 4.79 Å². The highest BCUT2D eigenvalue weighted by atomic mass is 19.1. The summed E-state index contributed by atoms with van der Waals surface area (Å²) < 4.78 is 24.0. The standard InChI is InChI=1S/C21H19FN2O3/c1-26-17-8-3-6-15(12-17)19-9-4-10-24(19)21(25)20-13-18(23-27-20)14-5-2-7-16(22)11-14/h2-3,5-8,11-13,19H,4,9-10H2,1H3/t19-/m1/s1. The van der Waals surface area contributed by atoms with E-state index in [0.717, 1.165) is 24.2 Å². The molecule has 5 nitrogen and oxygen atoms in total. The second-order valence-corrected chi connectivity index (χ2v) is 6.52. The molecule has 0 spiro atoms. The van der Waals surface area contributed by atoms with Crippen molar-refractivity contribution in [2.24, 2.45) is 0 Å². The van der Waals surface area contributed by atoms with Gasteiger partial charge in [-0.05, 0) is 42.7 Å². The number of nitrogens with zero attached hydrogens (tertiary/aromatic N) is 2. The van der Waals surface area contributed by atoms with Gasteiger partial charge in [0.1, 0.15) is 17.3 Å². The minimum Gasteiger partial charge on any atom is -0.497 e. The fraction of sp³-hybridized carbons (Fsp3) is 0.238. The predicted octanol–water partition coefficient (Wildman–Crippen LogP) is 4.47. The summed E-state index contributed by atoms with van der Waals surface area (Å²) >= 11 is 0. The van der Waals surface area contributed by atoms with E-state index in [2.05, 4.69) is 5.16 Å². The second kappa shape index (κ2) is 7.23. The van der Waals surface area contributed by atoms with Gasteiger partial charge < -0.3 is 14.2 Å². The number of methoxy groups -OCH3 is 1. The van der Waals surface area contributed by atoms with E-state index in [0.29, 0.717) is 17.8 Å². The van der Waals surface area contributed by atoms with Crippen molar-refractivity contribution < 1.29 is 18.4 Å². The van der Waals surface area contributed by atoms with Gasteiger partial charge in [0.05, 0.1) is 13.2 Å². The number of carbonyl (C=O) groups is 1. The third-order valence-corrected chi connectivity index (χ3v) is 4.83. The first-order valence-electron chi connectivity index (χ1n) is 8.83. The molecule has 138 valence electrons. The fourth-order valence-corrected chi connectivity index (χ4v) is 3.51. The van der Waals surface area contributed by atoms with Crippen LogP contribution in [0.2, 0.25) is 0 Å². The van der Waals surface area contributed by atoms with E-state index in [1.54, 1.807) is 30.2 Å².